The first kappa shape index (κ1) is 18.3. The van der Waals surface area contributed by atoms with E-state index < -0.39 is 0 Å². The number of benzene rings is 1. The van der Waals surface area contributed by atoms with Gasteiger partial charge in [-0.15, -0.1) is 0 Å². The van der Waals surface area contributed by atoms with E-state index in [1.807, 2.05) is 25.1 Å². The van der Waals surface area contributed by atoms with Crippen LogP contribution in [0.4, 0.5) is 5.95 Å². The van der Waals surface area contributed by atoms with E-state index >= 15 is 0 Å². The topological polar surface area (TPSA) is 52.6 Å². The van der Waals surface area contributed by atoms with Crippen LogP contribution in [0.3, 0.4) is 0 Å². The molecule has 138 valence electrons. The molecule has 1 aliphatic rings. The number of carbonyl (C=O) groups excluding carboxylic acids is 1. The van der Waals surface area contributed by atoms with Gasteiger partial charge >= 0.3 is 0 Å². The molecule has 6 heteroatoms. The Hall–Kier alpha value is -2.47. The zero-order valence-electron chi connectivity index (χ0n) is 16.0. The normalized spacial score (nSPS) is 17.3. The van der Waals surface area contributed by atoms with Crippen molar-refractivity contribution in [3.8, 4) is 0 Å². The molecular weight excluding hydrogens is 326 g/mol. The molecule has 3 rings (SSSR count). The van der Waals surface area contributed by atoms with Gasteiger partial charge in [0.15, 0.2) is 0 Å². The van der Waals surface area contributed by atoms with Crippen LogP contribution in [-0.4, -0.2) is 67.0 Å². The lowest BCUT2D eigenvalue weighted by molar-refractivity contribution is 0.0825. The van der Waals surface area contributed by atoms with Crippen LogP contribution in [-0.2, 0) is 6.54 Å². The molecule has 0 saturated carbocycles. The zero-order valence-corrected chi connectivity index (χ0v) is 16.0. The van der Waals surface area contributed by atoms with Crippen LogP contribution in [0.15, 0.2) is 36.5 Å². The minimum atomic E-state index is -0.0354. The minimum absolute atomic E-state index is 0.0354. The third-order valence-electron chi connectivity index (χ3n) is 4.75. The van der Waals surface area contributed by atoms with Crippen LogP contribution in [0.5, 0.6) is 0 Å². The Morgan fingerprint density at radius 3 is 2.58 bits per heavy atom. The molecule has 1 aromatic carbocycles. The summed E-state index contributed by atoms with van der Waals surface area (Å²) in [7, 11) is 7.37. The standard InChI is InChI=1S/C20H27N5O/c1-23(2)19(26)17-12-21-20(24(3)4)22-18(17)16-10-11-25(14-16)13-15-8-6-5-7-9-15/h5-9,12,16H,10-11,13-14H2,1-4H3. The maximum atomic E-state index is 12.6. The molecule has 0 spiro atoms. The molecule has 0 N–H and O–H groups in total. The summed E-state index contributed by atoms with van der Waals surface area (Å²) in [5.41, 5.74) is 2.81. The molecule has 1 aromatic heterocycles. The van der Waals surface area contributed by atoms with Gasteiger partial charge in [-0.05, 0) is 18.5 Å². The van der Waals surface area contributed by atoms with Gasteiger partial charge in [-0.1, -0.05) is 30.3 Å². The third kappa shape index (κ3) is 4.02. The molecule has 2 heterocycles. The fraction of sp³-hybridized carbons (Fsp3) is 0.450. The first-order valence-corrected chi connectivity index (χ1v) is 8.98. The lowest BCUT2D eigenvalue weighted by atomic mass is 9.99. The molecule has 1 fully saturated rings. The Morgan fingerprint density at radius 2 is 1.92 bits per heavy atom. The predicted octanol–water partition coefficient (Wildman–Crippen LogP) is 2.23. The fourth-order valence-corrected chi connectivity index (χ4v) is 3.36. The number of hydrogen-bond acceptors (Lipinski definition) is 5. The number of aromatic nitrogens is 2. The third-order valence-corrected chi connectivity index (χ3v) is 4.75. The average Bonchev–Trinajstić information content (AvgIpc) is 3.09. The largest absolute Gasteiger partial charge is 0.347 e. The minimum Gasteiger partial charge on any atom is -0.347 e. The van der Waals surface area contributed by atoms with Crippen molar-refractivity contribution in [2.75, 3.05) is 46.2 Å². The highest BCUT2D eigenvalue weighted by molar-refractivity contribution is 5.95. The van der Waals surface area contributed by atoms with Crippen molar-refractivity contribution in [2.24, 2.45) is 0 Å². The van der Waals surface area contributed by atoms with Gasteiger partial charge in [0.05, 0.1) is 11.3 Å². The second kappa shape index (κ2) is 7.83. The van der Waals surface area contributed by atoms with Crippen LogP contribution in [0.2, 0.25) is 0 Å². The van der Waals surface area contributed by atoms with Crippen LogP contribution < -0.4 is 4.90 Å². The number of nitrogens with zero attached hydrogens (tertiary/aromatic N) is 5. The van der Waals surface area contributed by atoms with Crippen LogP contribution in [0.1, 0.15) is 34.0 Å². The summed E-state index contributed by atoms with van der Waals surface area (Å²) in [5, 5.41) is 0. The fourth-order valence-electron chi connectivity index (χ4n) is 3.36. The van der Waals surface area contributed by atoms with E-state index in [0.717, 1.165) is 31.7 Å². The van der Waals surface area contributed by atoms with Gasteiger partial charge in [0.25, 0.3) is 5.91 Å². The Balaban J connectivity index is 1.83. The number of hydrogen-bond donors (Lipinski definition) is 0. The first-order chi connectivity index (χ1) is 12.5. The van der Waals surface area contributed by atoms with Gasteiger partial charge in [0, 0.05) is 53.4 Å². The molecular formula is C20H27N5O. The van der Waals surface area contributed by atoms with E-state index in [1.165, 1.54) is 5.56 Å². The lowest BCUT2D eigenvalue weighted by Gasteiger charge is -2.20. The summed E-state index contributed by atoms with van der Waals surface area (Å²) in [6.07, 6.45) is 2.68. The van der Waals surface area contributed by atoms with Gasteiger partial charge in [-0.25, -0.2) is 9.97 Å². The van der Waals surface area contributed by atoms with Gasteiger partial charge in [-0.3, -0.25) is 9.69 Å². The maximum Gasteiger partial charge on any atom is 0.256 e. The molecule has 0 bridgehead atoms. The smallest absolute Gasteiger partial charge is 0.256 e. The summed E-state index contributed by atoms with van der Waals surface area (Å²) < 4.78 is 0. The molecule has 1 saturated heterocycles. The SMILES string of the molecule is CN(C)C(=O)c1cnc(N(C)C)nc1C1CCN(Cc2ccccc2)C1. The van der Waals surface area contributed by atoms with Crippen molar-refractivity contribution in [2.45, 2.75) is 18.9 Å². The Bertz CT molecular complexity index is 760. The summed E-state index contributed by atoms with van der Waals surface area (Å²) in [5.74, 6) is 0.864. The van der Waals surface area contributed by atoms with Crippen molar-refractivity contribution in [1.82, 2.24) is 19.8 Å². The van der Waals surface area contributed by atoms with E-state index in [-0.39, 0.29) is 11.8 Å². The maximum absolute atomic E-state index is 12.6. The summed E-state index contributed by atoms with van der Waals surface area (Å²) in [6.45, 7) is 2.85. The highest BCUT2D eigenvalue weighted by Gasteiger charge is 2.30. The van der Waals surface area contributed by atoms with E-state index in [2.05, 4.69) is 34.1 Å². The monoisotopic (exact) mass is 353 g/mol. The summed E-state index contributed by atoms with van der Waals surface area (Å²) >= 11 is 0. The number of carbonyl (C=O) groups is 1. The molecule has 0 aliphatic carbocycles. The Labute approximate surface area is 155 Å². The number of anilines is 1. The van der Waals surface area contributed by atoms with Gasteiger partial charge in [-0.2, -0.15) is 0 Å². The average molecular weight is 353 g/mol. The van der Waals surface area contributed by atoms with Crippen molar-refractivity contribution in [1.29, 1.82) is 0 Å². The van der Waals surface area contributed by atoms with E-state index in [0.29, 0.717) is 11.5 Å². The molecule has 6 nitrogen and oxygen atoms in total. The van der Waals surface area contributed by atoms with Crippen LogP contribution in [0, 0.1) is 0 Å². The quantitative estimate of drug-likeness (QED) is 0.825. The molecule has 26 heavy (non-hydrogen) atoms. The Kier molecular flexibility index (Phi) is 5.52. The molecule has 2 aromatic rings. The van der Waals surface area contributed by atoms with Crippen molar-refractivity contribution in [3.05, 3.63) is 53.3 Å². The van der Waals surface area contributed by atoms with E-state index in [9.17, 15) is 4.79 Å². The summed E-state index contributed by atoms with van der Waals surface area (Å²) in [4.78, 5) is 27.6. The first-order valence-electron chi connectivity index (χ1n) is 8.98. The molecule has 1 atom stereocenters. The van der Waals surface area contributed by atoms with Crippen LogP contribution in [0.25, 0.3) is 0 Å². The lowest BCUT2D eigenvalue weighted by Crippen LogP contribution is -2.26. The van der Waals surface area contributed by atoms with E-state index in [4.69, 9.17) is 4.98 Å². The van der Waals surface area contributed by atoms with Crippen molar-refractivity contribution >= 4 is 11.9 Å². The van der Waals surface area contributed by atoms with E-state index in [1.54, 1.807) is 25.2 Å². The van der Waals surface area contributed by atoms with Crippen molar-refractivity contribution in [3.63, 3.8) is 0 Å². The predicted molar refractivity (Wildman–Crippen MR) is 103 cm³/mol. The Morgan fingerprint density at radius 1 is 1.19 bits per heavy atom. The number of likely N-dealkylation sites (tertiary alicyclic amines) is 1. The number of amides is 1. The van der Waals surface area contributed by atoms with Gasteiger partial charge < -0.3 is 9.80 Å². The zero-order chi connectivity index (χ0) is 18.7. The van der Waals surface area contributed by atoms with Gasteiger partial charge in [0.2, 0.25) is 5.95 Å². The molecule has 1 aliphatic heterocycles. The molecule has 1 amide bonds. The molecule has 1 unspecified atom stereocenters. The molecule has 0 radical (unpaired) electrons. The number of rotatable bonds is 5. The van der Waals surface area contributed by atoms with Crippen molar-refractivity contribution < 1.29 is 4.79 Å². The highest BCUT2D eigenvalue weighted by atomic mass is 16.2. The van der Waals surface area contributed by atoms with Gasteiger partial charge in [0.1, 0.15) is 0 Å². The highest BCUT2D eigenvalue weighted by Crippen LogP contribution is 2.30. The second-order valence-electron chi connectivity index (χ2n) is 7.27. The van der Waals surface area contributed by atoms with Crippen LogP contribution >= 0.6 is 0 Å². The second-order valence-corrected chi connectivity index (χ2v) is 7.27. The summed E-state index contributed by atoms with van der Waals surface area (Å²) in [6, 6.07) is 10.5.